The molecule has 2 aromatic rings. The number of aryl methyl sites for hydroxylation is 1. The number of nitrogens with one attached hydrogen (secondary N) is 1. The molecule has 1 amide bonds. The molecule has 0 unspecified atom stereocenters. The Bertz CT molecular complexity index is 650. The predicted molar refractivity (Wildman–Crippen MR) is 82.5 cm³/mol. The van der Waals surface area contributed by atoms with Crippen molar-refractivity contribution in [3.63, 3.8) is 0 Å². The van der Waals surface area contributed by atoms with E-state index in [1.54, 1.807) is 19.1 Å². The fraction of sp³-hybridized carbons (Fsp3) is 0.438. The van der Waals surface area contributed by atoms with Crippen molar-refractivity contribution < 1.29 is 9.32 Å². The second-order valence-corrected chi connectivity index (χ2v) is 5.79. The van der Waals surface area contributed by atoms with Crippen LogP contribution in [-0.2, 0) is 0 Å². The third kappa shape index (κ3) is 3.33. The normalized spacial score (nSPS) is 19.1. The maximum Gasteiger partial charge on any atom is 0.251 e. The molecule has 1 aromatic carbocycles. The van der Waals surface area contributed by atoms with E-state index < -0.39 is 0 Å². The van der Waals surface area contributed by atoms with Gasteiger partial charge in [0.2, 0.25) is 11.7 Å². The highest BCUT2D eigenvalue weighted by atomic mass is 16.5. The Morgan fingerprint density at radius 1 is 1.36 bits per heavy atom. The molecular weight excluding hydrogens is 280 g/mol. The zero-order chi connectivity index (χ0) is 15.5. The Morgan fingerprint density at radius 2 is 2.14 bits per heavy atom. The van der Waals surface area contributed by atoms with Crippen LogP contribution in [-0.4, -0.2) is 47.1 Å². The molecule has 1 N–H and O–H groups in total. The molecule has 1 atom stereocenters. The van der Waals surface area contributed by atoms with Crippen molar-refractivity contribution >= 4 is 5.91 Å². The fourth-order valence-electron chi connectivity index (χ4n) is 2.74. The number of carbonyl (C=O) groups is 1. The summed E-state index contributed by atoms with van der Waals surface area (Å²) < 4.78 is 4.96. The molecule has 3 rings (SSSR count). The van der Waals surface area contributed by atoms with Crippen molar-refractivity contribution in [2.24, 2.45) is 0 Å². The van der Waals surface area contributed by atoms with Gasteiger partial charge in [-0.25, -0.2) is 0 Å². The van der Waals surface area contributed by atoms with Crippen LogP contribution in [0.4, 0.5) is 0 Å². The largest absolute Gasteiger partial charge is 0.348 e. The molecule has 6 nitrogen and oxygen atoms in total. The van der Waals surface area contributed by atoms with E-state index in [0.717, 1.165) is 31.5 Å². The van der Waals surface area contributed by atoms with Gasteiger partial charge < -0.3 is 14.7 Å². The average Bonchev–Trinajstić information content (AvgIpc) is 2.94. The SMILES string of the molecule is Cc1nc(-c2ccc(C(=O)N[C@@H]3CCCN(C)C3)cc2)no1. The van der Waals surface area contributed by atoms with E-state index in [9.17, 15) is 4.79 Å². The summed E-state index contributed by atoms with van der Waals surface area (Å²) in [5, 5.41) is 6.97. The highest BCUT2D eigenvalue weighted by Crippen LogP contribution is 2.17. The molecule has 2 heterocycles. The van der Waals surface area contributed by atoms with E-state index >= 15 is 0 Å². The van der Waals surface area contributed by atoms with Crippen LogP contribution in [0, 0.1) is 6.92 Å². The van der Waals surface area contributed by atoms with E-state index in [1.807, 2.05) is 12.1 Å². The Balaban J connectivity index is 1.66. The van der Waals surface area contributed by atoms with E-state index in [0.29, 0.717) is 17.3 Å². The second kappa shape index (κ2) is 6.27. The van der Waals surface area contributed by atoms with Crippen molar-refractivity contribution in [1.29, 1.82) is 0 Å². The lowest BCUT2D eigenvalue weighted by Gasteiger charge is -2.30. The first-order valence-corrected chi connectivity index (χ1v) is 7.52. The third-order valence-corrected chi connectivity index (χ3v) is 3.89. The summed E-state index contributed by atoms with van der Waals surface area (Å²) in [6.45, 7) is 3.76. The first-order chi connectivity index (χ1) is 10.6. The standard InChI is InChI=1S/C16H20N4O2/c1-11-17-15(19-22-11)12-5-7-13(8-6-12)16(21)18-14-4-3-9-20(2)10-14/h5-8,14H,3-4,9-10H2,1-2H3,(H,18,21)/t14-/m1/s1. The number of aromatic nitrogens is 2. The zero-order valence-electron chi connectivity index (χ0n) is 12.9. The minimum atomic E-state index is -0.0313. The van der Waals surface area contributed by atoms with E-state index in [-0.39, 0.29) is 11.9 Å². The zero-order valence-corrected chi connectivity index (χ0v) is 12.9. The first kappa shape index (κ1) is 14.7. The lowest BCUT2D eigenvalue weighted by Crippen LogP contribution is -2.46. The highest BCUT2D eigenvalue weighted by molar-refractivity contribution is 5.94. The van der Waals surface area contributed by atoms with Gasteiger partial charge in [-0.15, -0.1) is 0 Å². The maximum atomic E-state index is 12.3. The molecular formula is C16H20N4O2. The Labute approximate surface area is 129 Å². The van der Waals surface area contributed by atoms with Gasteiger partial charge in [0, 0.05) is 30.6 Å². The summed E-state index contributed by atoms with van der Waals surface area (Å²) in [5.41, 5.74) is 1.49. The first-order valence-electron chi connectivity index (χ1n) is 7.52. The minimum absolute atomic E-state index is 0.0313. The Morgan fingerprint density at radius 3 is 2.77 bits per heavy atom. The van der Waals surface area contributed by atoms with Crippen molar-refractivity contribution in [2.45, 2.75) is 25.8 Å². The minimum Gasteiger partial charge on any atom is -0.348 e. The van der Waals surface area contributed by atoms with Crippen LogP contribution in [0.3, 0.4) is 0 Å². The number of carbonyl (C=O) groups excluding carboxylic acids is 1. The molecule has 0 saturated carbocycles. The second-order valence-electron chi connectivity index (χ2n) is 5.79. The molecule has 116 valence electrons. The van der Waals surface area contributed by atoms with Crippen LogP contribution < -0.4 is 5.32 Å². The summed E-state index contributed by atoms with van der Waals surface area (Å²) in [6, 6.07) is 7.50. The van der Waals surface area contributed by atoms with E-state index in [1.165, 1.54) is 0 Å². The molecule has 22 heavy (non-hydrogen) atoms. The predicted octanol–water partition coefficient (Wildman–Crippen LogP) is 1.87. The van der Waals surface area contributed by atoms with Gasteiger partial charge in [-0.2, -0.15) is 4.98 Å². The smallest absolute Gasteiger partial charge is 0.251 e. The molecule has 0 aliphatic carbocycles. The highest BCUT2D eigenvalue weighted by Gasteiger charge is 2.19. The van der Waals surface area contributed by atoms with Gasteiger partial charge in [0.05, 0.1) is 0 Å². The van der Waals surface area contributed by atoms with Crippen molar-refractivity contribution in [3.05, 3.63) is 35.7 Å². The van der Waals surface area contributed by atoms with Crippen molar-refractivity contribution in [2.75, 3.05) is 20.1 Å². The average molecular weight is 300 g/mol. The maximum absolute atomic E-state index is 12.3. The quantitative estimate of drug-likeness (QED) is 0.937. The summed E-state index contributed by atoms with van der Waals surface area (Å²) in [4.78, 5) is 18.7. The van der Waals surface area contributed by atoms with Crippen LogP contribution >= 0.6 is 0 Å². The summed E-state index contributed by atoms with van der Waals surface area (Å²) >= 11 is 0. The van der Waals surface area contributed by atoms with Gasteiger partial charge in [0.15, 0.2) is 0 Å². The molecule has 1 aliphatic rings. The summed E-state index contributed by atoms with van der Waals surface area (Å²) in [5.74, 6) is 1.03. The van der Waals surface area contributed by atoms with Crippen LogP contribution in [0.15, 0.2) is 28.8 Å². The summed E-state index contributed by atoms with van der Waals surface area (Å²) in [7, 11) is 2.08. The number of benzene rings is 1. The van der Waals surface area contributed by atoms with Crippen LogP contribution in [0.5, 0.6) is 0 Å². The molecule has 1 saturated heterocycles. The van der Waals surface area contributed by atoms with Gasteiger partial charge in [-0.1, -0.05) is 17.3 Å². The van der Waals surface area contributed by atoms with Gasteiger partial charge in [-0.05, 0) is 38.6 Å². The number of likely N-dealkylation sites (tertiary alicyclic amines) is 1. The molecule has 0 bridgehead atoms. The van der Waals surface area contributed by atoms with Gasteiger partial charge in [0.25, 0.3) is 5.91 Å². The van der Waals surface area contributed by atoms with Gasteiger partial charge in [-0.3, -0.25) is 4.79 Å². The van der Waals surface area contributed by atoms with Crippen LogP contribution in [0.25, 0.3) is 11.4 Å². The molecule has 6 heteroatoms. The lowest BCUT2D eigenvalue weighted by molar-refractivity contribution is 0.0912. The summed E-state index contributed by atoms with van der Waals surface area (Å²) in [6.07, 6.45) is 2.16. The Hall–Kier alpha value is -2.21. The monoisotopic (exact) mass is 300 g/mol. The number of rotatable bonds is 3. The molecule has 1 aliphatic heterocycles. The number of likely N-dealkylation sites (N-methyl/N-ethyl adjacent to an activating group) is 1. The third-order valence-electron chi connectivity index (χ3n) is 3.89. The topological polar surface area (TPSA) is 71.3 Å². The lowest BCUT2D eigenvalue weighted by atomic mass is 10.1. The fourth-order valence-corrected chi connectivity index (χ4v) is 2.74. The van der Waals surface area contributed by atoms with Gasteiger partial charge >= 0.3 is 0 Å². The van der Waals surface area contributed by atoms with Crippen molar-refractivity contribution in [3.8, 4) is 11.4 Å². The molecule has 0 spiro atoms. The molecule has 1 fully saturated rings. The number of hydrogen-bond acceptors (Lipinski definition) is 5. The number of hydrogen-bond donors (Lipinski definition) is 1. The van der Waals surface area contributed by atoms with E-state index in [4.69, 9.17) is 4.52 Å². The van der Waals surface area contributed by atoms with E-state index in [2.05, 4.69) is 27.4 Å². The van der Waals surface area contributed by atoms with Gasteiger partial charge in [0.1, 0.15) is 0 Å². The molecule has 0 radical (unpaired) electrons. The van der Waals surface area contributed by atoms with Crippen molar-refractivity contribution in [1.82, 2.24) is 20.4 Å². The van der Waals surface area contributed by atoms with Crippen LogP contribution in [0.2, 0.25) is 0 Å². The van der Waals surface area contributed by atoms with Crippen LogP contribution in [0.1, 0.15) is 29.1 Å². The molecule has 1 aromatic heterocycles. The number of amides is 1. The number of nitrogens with zero attached hydrogens (tertiary/aromatic N) is 3. The number of piperidine rings is 1. The Kier molecular flexibility index (Phi) is 4.20.